The number of methoxy groups -OCH3 is 1. The zero-order valence-corrected chi connectivity index (χ0v) is 9.31. The van der Waals surface area contributed by atoms with Crippen LogP contribution in [-0.4, -0.2) is 12.9 Å². The molecule has 1 aromatic rings. The monoisotopic (exact) mass is 212 g/mol. The maximum atomic E-state index is 11.2. The zero-order chi connectivity index (χ0) is 10.7. The van der Waals surface area contributed by atoms with Crippen LogP contribution < -0.4 is 4.74 Å². The number of benzene rings is 1. The molecule has 0 saturated heterocycles. The smallest absolute Gasteiger partial charge is 0.159 e. The summed E-state index contributed by atoms with van der Waals surface area (Å²) in [6.45, 7) is 3.51. The van der Waals surface area contributed by atoms with Crippen molar-refractivity contribution in [3.63, 3.8) is 0 Å². The SMILES string of the molecule is CCc1c(Cl)cc(C(C)=O)cc1OC. The van der Waals surface area contributed by atoms with E-state index >= 15 is 0 Å². The van der Waals surface area contributed by atoms with E-state index in [4.69, 9.17) is 16.3 Å². The molecule has 0 saturated carbocycles. The Morgan fingerprint density at radius 3 is 2.57 bits per heavy atom. The third-order valence-electron chi connectivity index (χ3n) is 2.13. The van der Waals surface area contributed by atoms with E-state index in [0.717, 1.165) is 12.0 Å². The van der Waals surface area contributed by atoms with Gasteiger partial charge in [0, 0.05) is 16.1 Å². The number of Topliss-reactive ketones (excluding diaryl/α,β-unsaturated/α-hetero) is 1. The van der Waals surface area contributed by atoms with Gasteiger partial charge in [0.1, 0.15) is 5.75 Å². The molecule has 0 radical (unpaired) electrons. The van der Waals surface area contributed by atoms with Crippen molar-refractivity contribution < 1.29 is 9.53 Å². The van der Waals surface area contributed by atoms with Gasteiger partial charge < -0.3 is 4.74 Å². The number of hydrogen-bond acceptors (Lipinski definition) is 2. The number of ether oxygens (including phenoxy) is 1. The molecule has 0 amide bonds. The fraction of sp³-hybridized carbons (Fsp3) is 0.364. The number of rotatable bonds is 3. The van der Waals surface area contributed by atoms with E-state index in [1.807, 2.05) is 6.92 Å². The second-order valence-electron chi connectivity index (χ2n) is 3.05. The van der Waals surface area contributed by atoms with Gasteiger partial charge in [-0.25, -0.2) is 0 Å². The lowest BCUT2D eigenvalue weighted by molar-refractivity contribution is 0.101. The first-order chi connectivity index (χ1) is 6.60. The van der Waals surface area contributed by atoms with Gasteiger partial charge in [-0.05, 0) is 25.5 Å². The van der Waals surface area contributed by atoms with Crippen LogP contribution in [0.1, 0.15) is 29.8 Å². The standard InChI is InChI=1S/C11H13ClO2/c1-4-9-10(12)5-8(7(2)13)6-11(9)14-3/h5-6H,4H2,1-3H3. The zero-order valence-electron chi connectivity index (χ0n) is 8.56. The molecule has 0 atom stereocenters. The predicted molar refractivity (Wildman–Crippen MR) is 57.4 cm³/mol. The molecule has 0 fully saturated rings. The summed E-state index contributed by atoms with van der Waals surface area (Å²) in [7, 11) is 1.58. The molecule has 76 valence electrons. The van der Waals surface area contributed by atoms with Crippen molar-refractivity contribution >= 4 is 17.4 Å². The van der Waals surface area contributed by atoms with E-state index in [1.165, 1.54) is 6.92 Å². The Bertz CT molecular complexity index is 359. The van der Waals surface area contributed by atoms with Gasteiger partial charge in [-0.3, -0.25) is 4.79 Å². The largest absolute Gasteiger partial charge is 0.496 e. The number of hydrogen-bond donors (Lipinski definition) is 0. The van der Waals surface area contributed by atoms with Crippen molar-refractivity contribution in [1.29, 1.82) is 0 Å². The summed E-state index contributed by atoms with van der Waals surface area (Å²) in [5.74, 6) is 0.679. The van der Waals surface area contributed by atoms with Crippen LogP contribution >= 0.6 is 11.6 Å². The van der Waals surface area contributed by atoms with Gasteiger partial charge in [0.15, 0.2) is 5.78 Å². The summed E-state index contributed by atoms with van der Waals surface area (Å²) in [5, 5.41) is 0.594. The summed E-state index contributed by atoms with van der Waals surface area (Å²) in [6, 6.07) is 3.41. The highest BCUT2D eigenvalue weighted by molar-refractivity contribution is 6.32. The Hall–Kier alpha value is -1.02. The van der Waals surface area contributed by atoms with E-state index in [9.17, 15) is 4.79 Å². The van der Waals surface area contributed by atoms with Gasteiger partial charge in [-0.15, -0.1) is 0 Å². The third kappa shape index (κ3) is 2.07. The minimum Gasteiger partial charge on any atom is -0.496 e. The molecule has 0 N–H and O–H groups in total. The normalized spacial score (nSPS) is 10.0. The molecule has 0 bridgehead atoms. The van der Waals surface area contributed by atoms with Crippen LogP contribution in [0.2, 0.25) is 5.02 Å². The van der Waals surface area contributed by atoms with Gasteiger partial charge in [0.05, 0.1) is 7.11 Å². The van der Waals surface area contributed by atoms with Gasteiger partial charge in [-0.1, -0.05) is 18.5 Å². The van der Waals surface area contributed by atoms with E-state index in [1.54, 1.807) is 19.2 Å². The summed E-state index contributed by atoms with van der Waals surface area (Å²) in [4.78, 5) is 11.2. The van der Waals surface area contributed by atoms with Crippen LogP contribution in [0.3, 0.4) is 0 Å². The number of ketones is 1. The molecule has 1 aromatic carbocycles. The highest BCUT2D eigenvalue weighted by Gasteiger charge is 2.10. The molecule has 0 aromatic heterocycles. The molecule has 3 heteroatoms. The van der Waals surface area contributed by atoms with Crippen molar-refractivity contribution in [2.75, 3.05) is 7.11 Å². The molecule has 2 nitrogen and oxygen atoms in total. The van der Waals surface area contributed by atoms with Crippen molar-refractivity contribution in [3.8, 4) is 5.75 Å². The molecule has 14 heavy (non-hydrogen) atoms. The van der Waals surface area contributed by atoms with Gasteiger partial charge in [0.25, 0.3) is 0 Å². The van der Waals surface area contributed by atoms with Gasteiger partial charge >= 0.3 is 0 Å². The lowest BCUT2D eigenvalue weighted by Gasteiger charge is -2.10. The molecule has 0 heterocycles. The molecular weight excluding hydrogens is 200 g/mol. The highest BCUT2D eigenvalue weighted by atomic mass is 35.5. The van der Waals surface area contributed by atoms with Crippen molar-refractivity contribution in [1.82, 2.24) is 0 Å². The van der Waals surface area contributed by atoms with Crippen molar-refractivity contribution in [3.05, 3.63) is 28.3 Å². The van der Waals surface area contributed by atoms with Gasteiger partial charge in [0.2, 0.25) is 0 Å². The van der Waals surface area contributed by atoms with Gasteiger partial charge in [-0.2, -0.15) is 0 Å². The molecule has 0 aliphatic heterocycles. The molecule has 0 aliphatic rings. The minimum absolute atomic E-state index is 0.00662. The summed E-state index contributed by atoms with van der Waals surface area (Å²) < 4.78 is 5.17. The fourth-order valence-corrected chi connectivity index (χ4v) is 1.68. The van der Waals surface area contributed by atoms with E-state index in [2.05, 4.69) is 0 Å². The van der Waals surface area contributed by atoms with E-state index < -0.39 is 0 Å². The Kier molecular flexibility index (Phi) is 3.53. The van der Waals surface area contributed by atoms with Crippen molar-refractivity contribution in [2.24, 2.45) is 0 Å². The van der Waals surface area contributed by atoms with Crippen LogP contribution in [0.5, 0.6) is 5.75 Å². The lowest BCUT2D eigenvalue weighted by Crippen LogP contribution is -1.98. The molecule has 0 aliphatic carbocycles. The minimum atomic E-state index is -0.00662. The Morgan fingerprint density at radius 2 is 2.14 bits per heavy atom. The number of carbonyl (C=O) groups is 1. The second kappa shape index (κ2) is 4.47. The summed E-state index contributed by atoms with van der Waals surface area (Å²) >= 11 is 6.03. The molecule has 0 spiro atoms. The third-order valence-corrected chi connectivity index (χ3v) is 2.47. The first-order valence-corrected chi connectivity index (χ1v) is 4.85. The molecule has 1 rings (SSSR count). The van der Waals surface area contributed by atoms with E-state index in [-0.39, 0.29) is 5.78 Å². The average Bonchev–Trinajstić information content (AvgIpc) is 2.16. The fourth-order valence-electron chi connectivity index (χ4n) is 1.34. The summed E-state index contributed by atoms with van der Waals surface area (Å²) in [6.07, 6.45) is 0.792. The number of halogens is 1. The first-order valence-electron chi connectivity index (χ1n) is 4.47. The van der Waals surface area contributed by atoms with Crippen LogP contribution in [0, 0.1) is 0 Å². The highest BCUT2D eigenvalue weighted by Crippen LogP contribution is 2.29. The van der Waals surface area contributed by atoms with E-state index in [0.29, 0.717) is 16.3 Å². The van der Waals surface area contributed by atoms with Crippen LogP contribution in [-0.2, 0) is 6.42 Å². The molecular formula is C11H13ClO2. The molecule has 0 unspecified atom stereocenters. The van der Waals surface area contributed by atoms with Crippen molar-refractivity contribution in [2.45, 2.75) is 20.3 Å². The summed E-state index contributed by atoms with van der Waals surface area (Å²) in [5.41, 5.74) is 1.53. The predicted octanol–water partition coefficient (Wildman–Crippen LogP) is 3.11. The maximum absolute atomic E-state index is 11.2. The topological polar surface area (TPSA) is 26.3 Å². The number of carbonyl (C=O) groups excluding carboxylic acids is 1. The van der Waals surface area contributed by atoms with Crippen LogP contribution in [0.15, 0.2) is 12.1 Å². The Balaban J connectivity index is 3.31. The first kappa shape index (κ1) is 11.1. The second-order valence-corrected chi connectivity index (χ2v) is 3.46. The van der Waals surface area contributed by atoms with Crippen LogP contribution in [0.4, 0.5) is 0 Å². The van der Waals surface area contributed by atoms with Crippen LogP contribution in [0.25, 0.3) is 0 Å². The Morgan fingerprint density at radius 1 is 1.50 bits per heavy atom. The maximum Gasteiger partial charge on any atom is 0.159 e. The lowest BCUT2D eigenvalue weighted by atomic mass is 10.1. The average molecular weight is 213 g/mol. The Labute approximate surface area is 88.8 Å². The quantitative estimate of drug-likeness (QED) is 0.720.